The first kappa shape index (κ1) is 21.2. The van der Waals surface area contributed by atoms with E-state index < -0.39 is 29.7 Å². The number of benzene rings is 2. The summed E-state index contributed by atoms with van der Waals surface area (Å²) in [6, 6.07) is 13.0. The largest absolute Gasteiger partial charge is 0.494 e. The number of halogens is 1. The van der Waals surface area contributed by atoms with Gasteiger partial charge in [0.25, 0.3) is 0 Å². The molecular formula is C23H25ClO7. The summed E-state index contributed by atoms with van der Waals surface area (Å²) in [5.41, 5.74) is 1.17. The third-order valence-electron chi connectivity index (χ3n) is 6.35. The van der Waals surface area contributed by atoms with Crippen LogP contribution in [0.1, 0.15) is 23.6 Å². The van der Waals surface area contributed by atoms with E-state index in [-0.39, 0.29) is 12.7 Å². The summed E-state index contributed by atoms with van der Waals surface area (Å²) < 4.78 is 23.0. The minimum absolute atomic E-state index is 0.00377. The maximum absolute atomic E-state index is 10.8. The lowest BCUT2D eigenvalue weighted by molar-refractivity contribution is -0.328. The Bertz CT molecular complexity index is 963. The van der Waals surface area contributed by atoms with Gasteiger partial charge in [-0.2, -0.15) is 0 Å². The molecule has 1 unspecified atom stereocenters. The van der Waals surface area contributed by atoms with Crippen LogP contribution in [-0.2, 0) is 26.4 Å². The Morgan fingerprint density at radius 3 is 2.52 bits per heavy atom. The van der Waals surface area contributed by atoms with Crippen LogP contribution in [0.5, 0.6) is 5.75 Å². The van der Waals surface area contributed by atoms with E-state index in [4.69, 9.17) is 30.5 Å². The number of ether oxygens (including phenoxy) is 4. The van der Waals surface area contributed by atoms with Crippen molar-refractivity contribution in [3.8, 4) is 5.75 Å². The summed E-state index contributed by atoms with van der Waals surface area (Å²) in [6.45, 7) is 2.95. The molecule has 0 aliphatic carbocycles. The Balaban J connectivity index is 1.47. The van der Waals surface area contributed by atoms with Gasteiger partial charge in [-0.3, -0.25) is 0 Å². The first-order chi connectivity index (χ1) is 14.9. The van der Waals surface area contributed by atoms with E-state index in [0.29, 0.717) is 30.2 Å². The fraction of sp³-hybridized carbons (Fsp3) is 0.478. The molecule has 0 radical (unpaired) electrons. The molecule has 3 aliphatic rings. The van der Waals surface area contributed by atoms with Gasteiger partial charge < -0.3 is 34.3 Å². The Kier molecular flexibility index (Phi) is 5.26. The zero-order valence-corrected chi connectivity index (χ0v) is 17.8. The summed E-state index contributed by atoms with van der Waals surface area (Å²) in [6.07, 6.45) is -4.07. The van der Waals surface area contributed by atoms with Gasteiger partial charge in [0.2, 0.25) is 5.79 Å². The van der Waals surface area contributed by atoms with Crippen molar-refractivity contribution in [3.63, 3.8) is 0 Å². The Labute approximate surface area is 185 Å². The van der Waals surface area contributed by atoms with Gasteiger partial charge in [-0.15, -0.1) is 0 Å². The van der Waals surface area contributed by atoms with Gasteiger partial charge in [-0.25, -0.2) is 0 Å². The fourth-order valence-electron chi connectivity index (χ4n) is 4.55. The maximum atomic E-state index is 10.8. The predicted molar refractivity (Wildman–Crippen MR) is 111 cm³/mol. The van der Waals surface area contributed by atoms with Crippen LogP contribution in [0.15, 0.2) is 42.5 Å². The van der Waals surface area contributed by atoms with E-state index in [1.54, 1.807) is 12.1 Å². The van der Waals surface area contributed by atoms with Gasteiger partial charge in [0, 0.05) is 10.6 Å². The molecule has 3 saturated heterocycles. The molecule has 0 aromatic heterocycles. The number of aliphatic hydroxyl groups is 3. The SMILES string of the molecule is CCOc1ccc(Cc2cc([C@]34OC[C@@](C5CO5)(O3)[C@@H](O)[C@H](O)[C@H]4O)ccc2Cl)cc1. The average molecular weight is 449 g/mol. The number of hydrogen-bond acceptors (Lipinski definition) is 7. The van der Waals surface area contributed by atoms with Crippen molar-refractivity contribution in [1.82, 2.24) is 0 Å². The maximum Gasteiger partial charge on any atom is 0.225 e. The average Bonchev–Trinajstić information content (AvgIpc) is 3.56. The van der Waals surface area contributed by atoms with Crippen molar-refractivity contribution in [3.05, 3.63) is 64.2 Å². The molecule has 2 aromatic carbocycles. The fourth-order valence-corrected chi connectivity index (χ4v) is 4.73. The highest BCUT2D eigenvalue weighted by atomic mass is 35.5. The van der Waals surface area contributed by atoms with E-state index in [2.05, 4.69) is 0 Å². The second-order valence-corrected chi connectivity index (χ2v) is 8.68. The van der Waals surface area contributed by atoms with Gasteiger partial charge in [-0.05, 0) is 48.7 Å². The molecule has 3 heterocycles. The third-order valence-corrected chi connectivity index (χ3v) is 6.71. The van der Waals surface area contributed by atoms with E-state index in [0.717, 1.165) is 16.9 Å². The van der Waals surface area contributed by atoms with Crippen LogP contribution in [0.2, 0.25) is 5.02 Å². The lowest BCUT2D eigenvalue weighted by atomic mass is 9.81. The van der Waals surface area contributed by atoms with Crippen LogP contribution in [0.25, 0.3) is 0 Å². The van der Waals surface area contributed by atoms with Gasteiger partial charge in [0.1, 0.15) is 30.2 Å². The molecule has 3 fully saturated rings. The molecule has 6 atom stereocenters. The second kappa shape index (κ2) is 7.71. The number of epoxide rings is 1. The van der Waals surface area contributed by atoms with Gasteiger partial charge >= 0.3 is 0 Å². The molecule has 7 nitrogen and oxygen atoms in total. The topological polar surface area (TPSA) is 101 Å². The minimum Gasteiger partial charge on any atom is -0.494 e. The molecule has 0 spiro atoms. The van der Waals surface area contributed by atoms with Crippen molar-refractivity contribution in [2.45, 2.75) is 49.1 Å². The lowest BCUT2D eigenvalue weighted by Gasteiger charge is -2.46. The normalized spacial score (nSPS) is 36.4. The highest BCUT2D eigenvalue weighted by Gasteiger charge is 2.71. The number of rotatable bonds is 6. The highest BCUT2D eigenvalue weighted by molar-refractivity contribution is 6.31. The second-order valence-electron chi connectivity index (χ2n) is 8.28. The van der Waals surface area contributed by atoms with E-state index >= 15 is 0 Å². The predicted octanol–water partition coefficient (Wildman–Crippen LogP) is 1.76. The molecule has 3 aliphatic heterocycles. The van der Waals surface area contributed by atoms with E-state index in [1.165, 1.54) is 0 Å². The minimum atomic E-state index is -1.61. The van der Waals surface area contributed by atoms with Crippen molar-refractivity contribution >= 4 is 11.6 Å². The monoisotopic (exact) mass is 448 g/mol. The summed E-state index contributed by atoms with van der Waals surface area (Å²) in [5.74, 6) is -0.808. The third kappa shape index (κ3) is 3.36. The van der Waals surface area contributed by atoms with Gasteiger partial charge in [0.15, 0.2) is 5.60 Å². The van der Waals surface area contributed by atoms with Crippen molar-refractivity contribution in [2.75, 3.05) is 19.8 Å². The van der Waals surface area contributed by atoms with Crippen LogP contribution in [0, 0.1) is 0 Å². The zero-order valence-electron chi connectivity index (χ0n) is 17.0. The first-order valence-corrected chi connectivity index (χ1v) is 10.8. The summed E-state index contributed by atoms with van der Waals surface area (Å²) in [7, 11) is 0. The molecule has 0 amide bonds. The van der Waals surface area contributed by atoms with Crippen molar-refractivity contribution in [1.29, 1.82) is 0 Å². The number of fused-ring (bicyclic) bond motifs is 2. The Hall–Kier alpha value is -1.71. The van der Waals surface area contributed by atoms with Crippen LogP contribution >= 0.6 is 11.6 Å². The van der Waals surface area contributed by atoms with Crippen molar-refractivity contribution in [2.24, 2.45) is 0 Å². The van der Waals surface area contributed by atoms with Crippen LogP contribution in [0.4, 0.5) is 0 Å². The molecule has 2 aromatic rings. The standard InChI is InChI=1S/C23H25ClO7/c1-2-28-16-6-3-13(4-7-16)9-14-10-15(5-8-17(14)24)23-21(27)19(25)20(26)22(31-23,12-30-23)18-11-29-18/h3-8,10,18-21,25-27H,2,9,11-12H2,1H3/t18?,19-,20-,21+,22-,23-/m0/s1. The Morgan fingerprint density at radius 2 is 1.84 bits per heavy atom. The number of aliphatic hydroxyl groups excluding tert-OH is 3. The first-order valence-electron chi connectivity index (χ1n) is 10.4. The molecule has 2 bridgehead atoms. The summed E-state index contributed by atoms with van der Waals surface area (Å²) >= 11 is 6.46. The summed E-state index contributed by atoms with van der Waals surface area (Å²) in [4.78, 5) is 0. The van der Waals surface area contributed by atoms with Crippen LogP contribution in [0.3, 0.4) is 0 Å². The van der Waals surface area contributed by atoms with Gasteiger partial charge in [-0.1, -0.05) is 29.8 Å². The summed E-state index contributed by atoms with van der Waals surface area (Å²) in [5, 5.41) is 32.6. The molecular weight excluding hydrogens is 424 g/mol. The zero-order chi connectivity index (χ0) is 21.8. The molecule has 31 heavy (non-hydrogen) atoms. The smallest absolute Gasteiger partial charge is 0.225 e. The Morgan fingerprint density at radius 1 is 1.10 bits per heavy atom. The van der Waals surface area contributed by atoms with Crippen molar-refractivity contribution < 1.29 is 34.3 Å². The number of hydrogen-bond donors (Lipinski definition) is 3. The molecule has 5 rings (SSSR count). The molecule has 0 saturated carbocycles. The van der Waals surface area contributed by atoms with Gasteiger partial charge in [0.05, 0.1) is 19.8 Å². The van der Waals surface area contributed by atoms with Crippen LogP contribution in [-0.4, -0.2) is 65.2 Å². The quantitative estimate of drug-likeness (QED) is 0.579. The van der Waals surface area contributed by atoms with E-state index in [9.17, 15) is 15.3 Å². The van der Waals surface area contributed by atoms with E-state index in [1.807, 2.05) is 37.3 Å². The molecule has 8 heteroatoms. The molecule has 3 N–H and O–H groups in total. The van der Waals surface area contributed by atoms with Crippen LogP contribution < -0.4 is 4.74 Å². The lowest BCUT2D eigenvalue weighted by Crippen LogP contribution is -2.66. The molecule has 166 valence electrons. The highest BCUT2D eigenvalue weighted by Crippen LogP contribution is 2.53.